The van der Waals surface area contributed by atoms with Crippen molar-refractivity contribution in [3.05, 3.63) is 40.1 Å². The number of hydrogen-bond acceptors (Lipinski definition) is 6. The molecule has 5 fully saturated rings. The van der Waals surface area contributed by atoms with Gasteiger partial charge in [-0.2, -0.15) is 13.2 Å². The highest BCUT2D eigenvalue weighted by molar-refractivity contribution is 5.56. The lowest BCUT2D eigenvalue weighted by Gasteiger charge is -2.45. The minimum Gasteiger partial charge on any atom is -0.381 e. The second kappa shape index (κ2) is 9.58. The molecule has 5 heterocycles. The molecule has 3 unspecified atom stereocenters. The first kappa shape index (κ1) is 26.0. The van der Waals surface area contributed by atoms with E-state index in [4.69, 9.17) is 4.74 Å². The molecule has 7 rings (SSSR count). The van der Waals surface area contributed by atoms with Crippen LogP contribution in [0.3, 0.4) is 0 Å². The van der Waals surface area contributed by atoms with Gasteiger partial charge in [-0.05, 0) is 81.0 Å². The topological polar surface area (TPSA) is 66.2 Å². The Kier molecular flexibility index (Phi) is 6.39. The van der Waals surface area contributed by atoms with Gasteiger partial charge in [0, 0.05) is 37.4 Å². The summed E-state index contributed by atoms with van der Waals surface area (Å²) in [5, 5.41) is 0. The van der Waals surface area contributed by atoms with Gasteiger partial charge in [-0.25, -0.2) is 15.6 Å². The molecule has 4 atom stereocenters. The molecular weight excluding hydrogens is 509 g/mol. The Morgan fingerprint density at radius 3 is 2.62 bits per heavy atom. The Labute approximate surface area is 226 Å². The molecule has 0 amide bonds. The average molecular weight is 549 g/mol. The van der Waals surface area contributed by atoms with Crippen molar-refractivity contribution in [2.24, 2.45) is 23.2 Å². The molecule has 2 aromatic heterocycles. The molecule has 1 spiro atoms. The molecule has 11 heteroatoms. The summed E-state index contributed by atoms with van der Waals surface area (Å²) in [6.07, 6.45) is 5.93. The highest BCUT2D eigenvalue weighted by Gasteiger charge is 2.48. The number of likely N-dealkylation sites (tertiary alicyclic amines) is 1. The Hall–Kier alpha value is -1.92. The molecule has 0 aromatic carbocycles. The first-order chi connectivity index (χ1) is 18.7. The highest BCUT2D eigenvalue weighted by atomic mass is 19.4. The minimum atomic E-state index is -4.53. The summed E-state index contributed by atoms with van der Waals surface area (Å²) >= 11 is 0. The number of hydrogen-bond donors (Lipinski definition) is 2. The summed E-state index contributed by atoms with van der Waals surface area (Å²) in [7, 11) is 2.10. The molecule has 214 valence electrons. The van der Waals surface area contributed by atoms with Gasteiger partial charge in [-0.3, -0.25) is 18.8 Å². The van der Waals surface area contributed by atoms with Crippen molar-refractivity contribution >= 4 is 5.52 Å². The number of halogens is 3. The predicted octanol–water partition coefficient (Wildman–Crippen LogP) is 3.42. The quantitative estimate of drug-likeness (QED) is 0.577. The standard InChI is InChI=1S/C28H39F3N6O2/c1-34-17-32-33-25(34)24(20-14-39-15-20)19-3-2-4-21(10-19)36-13-23-22(28(29,30)31)9-18(12-37(23)26(36)38)11-35-8-7-27(16-35)5-6-27/h9,12-13,19-21,24-25,32-33H,2-8,10-11,14-17H2,1H3/t19?,21?,24-,25?/m0/s1. The first-order valence-corrected chi connectivity index (χ1v) is 14.5. The van der Waals surface area contributed by atoms with Crippen LogP contribution in [0, 0.1) is 23.2 Å². The Balaban J connectivity index is 1.19. The fourth-order valence-corrected chi connectivity index (χ4v) is 7.90. The fourth-order valence-electron chi connectivity index (χ4n) is 7.90. The zero-order valence-electron chi connectivity index (χ0n) is 22.6. The van der Waals surface area contributed by atoms with Crippen LogP contribution in [0.25, 0.3) is 5.52 Å². The van der Waals surface area contributed by atoms with Crippen LogP contribution in [0.4, 0.5) is 13.2 Å². The third-order valence-corrected chi connectivity index (χ3v) is 10.3. The first-order valence-electron chi connectivity index (χ1n) is 14.5. The number of ether oxygens (including phenoxy) is 1. The third kappa shape index (κ3) is 4.73. The largest absolute Gasteiger partial charge is 0.418 e. The van der Waals surface area contributed by atoms with Crippen molar-refractivity contribution in [3.63, 3.8) is 0 Å². The maximum absolute atomic E-state index is 14.3. The monoisotopic (exact) mass is 548 g/mol. The van der Waals surface area contributed by atoms with Crippen LogP contribution in [0.1, 0.15) is 62.1 Å². The number of imidazole rings is 1. The molecule has 5 aliphatic rings. The van der Waals surface area contributed by atoms with Gasteiger partial charge < -0.3 is 4.74 Å². The number of aromatic nitrogens is 2. The van der Waals surface area contributed by atoms with Gasteiger partial charge in [0.25, 0.3) is 0 Å². The Bertz CT molecular complexity index is 1280. The van der Waals surface area contributed by atoms with Crippen molar-refractivity contribution in [1.29, 1.82) is 0 Å². The van der Waals surface area contributed by atoms with Gasteiger partial charge >= 0.3 is 11.9 Å². The van der Waals surface area contributed by atoms with Gasteiger partial charge in [0.2, 0.25) is 0 Å². The summed E-state index contributed by atoms with van der Waals surface area (Å²) in [5.41, 5.74) is 6.52. The average Bonchev–Trinajstić information content (AvgIpc) is 3.14. The molecule has 2 saturated carbocycles. The number of pyridine rings is 1. The van der Waals surface area contributed by atoms with E-state index in [0.29, 0.717) is 35.3 Å². The summed E-state index contributed by atoms with van der Waals surface area (Å²) in [4.78, 5) is 18.2. The van der Waals surface area contributed by atoms with Crippen LogP contribution in [0.5, 0.6) is 0 Å². The molecule has 8 nitrogen and oxygen atoms in total. The normalized spacial score (nSPS) is 30.8. The SMILES string of the molecule is CN1CNNC1[C@H](C1COC1)C1CCCC(n2cc3c(C(F)(F)F)cc(CN4CCC5(CC5)C4)cn3c2=O)C1. The smallest absolute Gasteiger partial charge is 0.381 e. The Morgan fingerprint density at radius 2 is 1.97 bits per heavy atom. The maximum Gasteiger partial charge on any atom is 0.418 e. The maximum atomic E-state index is 14.3. The number of hydrazine groups is 1. The lowest BCUT2D eigenvalue weighted by Crippen LogP contribution is -2.53. The van der Waals surface area contributed by atoms with Gasteiger partial charge in [0.05, 0.1) is 37.1 Å². The number of nitrogens with zero attached hydrogens (tertiary/aromatic N) is 4. The van der Waals surface area contributed by atoms with Crippen LogP contribution < -0.4 is 16.5 Å². The highest BCUT2D eigenvalue weighted by Crippen LogP contribution is 2.53. The Morgan fingerprint density at radius 1 is 1.15 bits per heavy atom. The molecule has 3 saturated heterocycles. The number of nitrogens with one attached hydrogen (secondary N) is 2. The van der Waals surface area contributed by atoms with Crippen LogP contribution in [-0.4, -0.2) is 65.0 Å². The van der Waals surface area contributed by atoms with E-state index in [1.807, 2.05) is 0 Å². The van der Waals surface area contributed by atoms with Crippen molar-refractivity contribution in [1.82, 2.24) is 29.6 Å². The van der Waals surface area contributed by atoms with E-state index in [-0.39, 0.29) is 23.4 Å². The fraction of sp³-hybridized carbons (Fsp3) is 0.750. The van der Waals surface area contributed by atoms with E-state index in [9.17, 15) is 18.0 Å². The number of alkyl halides is 3. The van der Waals surface area contributed by atoms with Crippen molar-refractivity contribution in [2.45, 2.75) is 69.9 Å². The van der Waals surface area contributed by atoms with E-state index in [1.165, 1.54) is 29.5 Å². The molecule has 3 aliphatic heterocycles. The molecule has 2 aromatic rings. The molecule has 0 radical (unpaired) electrons. The zero-order chi connectivity index (χ0) is 26.9. The number of rotatable bonds is 6. The third-order valence-electron chi connectivity index (χ3n) is 10.3. The minimum absolute atomic E-state index is 0.0382. The summed E-state index contributed by atoms with van der Waals surface area (Å²) < 4.78 is 51.2. The van der Waals surface area contributed by atoms with Gasteiger partial charge in [-0.15, -0.1) is 0 Å². The molecule has 2 aliphatic carbocycles. The predicted molar refractivity (Wildman–Crippen MR) is 140 cm³/mol. The van der Waals surface area contributed by atoms with Gasteiger partial charge in [-0.1, -0.05) is 6.42 Å². The summed E-state index contributed by atoms with van der Waals surface area (Å²) in [6, 6.07) is 1.15. The van der Waals surface area contributed by atoms with Crippen LogP contribution in [-0.2, 0) is 17.5 Å². The molecule has 0 bridgehead atoms. The van der Waals surface area contributed by atoms with Crippen molar-refractivity contribution in [3.8, 4) is 0 Å². The van der Waals surface area contributed by atoms with E-state index in [0.717, 1.165) is 65.1 Å². The van der Waals surface area contributed by atoms with Crippen molar-refractivity contribution in [2.75, 3.05) is 40.0 Å². The summed E-state index contributed by atoms with van der Waals surface area (Å²) in [6.45, 7) is 4.54. The summed E-state index contributed by atoms with van der Waals surface area (Å²) in [5.74, 6) is 1.15. The second-order valence-corrected chi connectivity index (χ2v) is 12.9. The van der Waals surface area contributed by atoms with E-state index >= 15 is 0 Å². The van der Waals surface area contributed by atoms with Gasteiger partial charge in [0.1, 0.15) is 0 Å². The molecule has 39 heavy (non-hydrogen) atoms. The lowest BCUT2D eigenvalue weighted by molar-refractivity contribution is -0.136. The van der Waals surface area contributed by atoms with E-state index < -0.39 is 11.7 Å². The number of fused-ring (bicyclic) bond motifs is 1. The van der Waals surface area contributed by atoms with Crippen LogP contribution in [0.15, 0.2) is 23.3 Å². The van der Waals surface area contributed by atoms with E-state index in [1.54, 1.807) is 10.8 Å². The van der Waals surface area contributed by atoms with Crippen LogP contribution in [0.2, 0.25) is 0 Å². The zero-order valence-corrected chi connectivity index (χ0v) is 22.6. The lowest BCUT2D eigenvalue weighted by atomic mass is 9.70. The van der Waals surface area contributed by atoms with Gasteiger partial charge in [0.15, 0.2) is 0 Å². The van der Waals surface area contributed by atoms with Crippen LogP contribution >= 0.6 is 0 Å². The van der Waals surface area contributed by atoms with E-state index in [2.05, 4.69) is 27.7 Å². The van der Waals surface area contributed by atoms with Crippen molar-refractivity contribution < 1.29 is 17.9 Å². The molecule has 2 N–H and O–H groups in total. The second-order valence-electron chi connectivity index (χ2n) is 12.9. The molecular formula is C28H39F3N6O2.